The van der Waals surface area contributed by atoms with Crippen molar-refractivity contribution >= 4 is 6.09 Å². The summed E-state index contributed by atoms with van der Waals surface area (Å²) in [7, 11) is 1.55. The van der Waals surface area contributed by atoms with E-state index in [4.69, 9.17) is 19.5 Å². The molecule has 0 aromatic heterocycles. The molecule has 23 heavy (non-hydrogen) atoms. The number of amides is 1. The van der Waals surface area contributed by atoms with Crippen LogP contribution in [0.3, 0.4) is 0 Å². The van der Waals surface area contributed by atoms with Crippen LogP contribution in [-0.2, 0) is 4.74 Å². The highest BCUT2D eigenvalue weighted by molar-refractivity contribution is 5.69. The fourth-order valence-electron chi connectivity index (χ4n) is 2.03. The lowest BCUT2D eigenvalue weighted by atomic mass is 10.2. The molecule has 1 aliphatic rings. The Bertz CT molecular complexity index is 624. The van der Waals surface area contributed by atoms with Gasteiger partial charge >= 0.3 is 6.09 Å². The molecule has 1 N–H and O–H groups in total. The van der Waals surface area contributed by atoms with Crippen molar-refractivity contribution in [2.75, 3.05) is 13.7 Å². The molecule has 1 aromatic carbocycles. The molecule has 1 aromatic rings. The van der Waals surface area contributed by atoms with E-state index in [2.05, 4.69) is 11.4 Å². The molecule has 6 heteroatoms. The molecular weight excluding hydrogens is 296 g/mol. The number of carbonyl (C=O) groups excluding carboxylic acids is 1. The molecule has 0 saturated heterocycles. The van der Waals surface area contributed by atoms with E-state index in [0.29, 0.717) is 17.1 Å². The smallest absolute Gasteiger partial charge is 0.408 e. The van der Waals surface area contributed by atoms with Crippen LogP contribution in [0.25, 0.3) is 0 Å². The predicted octanol–water partition coefficient (Wildman–Crippen LogP) is 3.00. The van der Waals surface area contributed by atoms with Gasteiger partial charge in [0.2, 0.25) is 0 Å². The number of ether oxygens (including phenoxy) is 3. The number of rotatable bonds is 5. The molecule has 1 amide bonds. The van der Waals surface area contributed by atoms with E-state index >= 15 is 0 Å². The van der Waals surface area contributed by atoms with Crippen molar-refractivity contribution in [2.24, 2.45) is 0 Å². The monoisotopic (exact) mass is 318 g/mol. The Kier molecular flexibility index (Phi) is 4.69. The fourth-order valence-corrected chi connectivity index (χ4v) is 2.03. The van der Waals surface area contributed by atoms with Gasteiger partial charge in [0.05, 0.1) is 18.2 Å². The van der Waals surface area contributed by atoms with Gasteiger partial charge in [0, 0.05) is 6.07 Å². The molecule has 2 rings (SSSR count). The van der Waals surface area contributed by atoms with E-state index in [1.54, 1.807) is 25.3 Å². The summed E-state index contributed by atoms with van der Waals surface area (Å²) < 4.78 is 16.2. The molecule has 124 valence electrons. The van der Waals surface area contributed by atoms with Gasteiger partial charge in [-0.15, -0.1) is 0 Å². The second kappa shape index (κ2) is 6.37. The van der Waals surface area contributed by atoms with Crippen LogP contribution in [0.2, 0.25) is 0 Å². The summed E-state index contributed by atoms with van der Waals surface area (Å²) in [6, 6.07) is 7.11. The van der Waals surface area contributed by atoms with E-state index in [-0.39, 0.29) is 6.61 Å². The Balaban J connectivity index is 1.98. The summed E-state index contributed by atoms with van der Waals surface area (Å²) in [6.45, 7) is 5.74. The van der Waals surface area contributed by atoms with Crippen LogP contribution in [0.1, 0.15) is 39.2 Å². The maximum atomic E-state index is 11.9. The van der Waals surface area contributed by atoms with Crippen LogP contribution < -0.4 is 14.8 Å². The van der Waals surface area contributed by atoms with Crippen LogP contribution in [0.5, 0.6) is 11.5 Å². The lowest BCUT2D eigenvalue weighted by molar-refractivity contribution is 0.0477. The normalized spacial score (nSPS) is 15.3. The zero-order valence-electron chi connectivity index (χ0n) is 13.9. The molecule has 1 aliphatic carbocycles. The fraction of sp³-hybridized carbons (Fsp3) is 0.529. The molecule has 0 spiro atoms. The maximum Gasteiger partial charge on any atom is 0.408 e. The molecule has 1 saturated carbocycles. The first-order valence-corrected chi connectivity index (χ1v) is 7.49. The van der Waals surface area contributed by atoms with Gasteiger partial charge in [-0.25, -0.2) is 4.79 Å². The van der Waals surface area contributed by atoms with E-state index in [1.807, 2.05) is 20.8 Å². The Morgan fingerprint density at radius 3 is 2.61 bits per heavy atom. The lowest BCUT2D eigenvalue weighted by Crippen LogP contribution is -2.44. The minimum absolute atomic E-state index is 0.286. The first kappa shape index (κ1) is 16.9. The third kappa shape index (κ3) is 4.78. The van der Waals surface area contributed by atoms with Gasteiger partial charge in [-0.2, -0.15) is 5.26 Å². The maximum absolute atomic E-state index is 11.9. The highest BCUT2D eigenvalue weighted by atomic mass is 16.6. The van der Waals surface area contributed by atoms with Crippen LogP contribution in [0.4, 0.5) is 4.79 Å². The number of alkyl carbamates (subject to hydrolysis) is 1. The van der Waals surface area contributed by atoms with Gasteiger partial charge in [-0.1, -0.05) is 0 Å². The SMILES string of the molecule is COc1ccc(C#N)c(OCC2(NC(=O)OC(C)(C)C)CC2)c1. The molecule has 0 heterocycles. The molecule has 6 nitrogen and oxygen atoms in total. The Labute approximate surface area is 136 Å². The number of hydrogen-bond donors (Lipinski definition) is 1. The number of hydrogen-bond acceptors (Lipinski definition) is 5. The lowest BCUT2D eigenvalue weighted by Gasteiger charge is -2.23. The molecule has 0 aliphatic heterocycles. The van der Waals surface area contributed by atoms with E-state index in [1.165, 1.54) is 0 Å². The second-order valence-corrected chi connectivity index (χ2v) is 6.67. The summed E-state index contributed by atoms with van der Waals surface area (Å²) in [4.78, 5) is 11.9. The Hall–Kier alpha value is -2.42. The van der Waals surface area contributed by atoms with Gasteiger partial charge in [-0.05, 0) is 45.7 Å². The van der Waals surface area contributed by atoms with Crippen molar-refractivity contribution in [3.05, 3.63) is 23.8 Å². The van der Waals surface area contributed by atoms with Crippen LogP contribution >= 0.6 is 0 Å². The molecule has 0 unspecified atom stereocenters. The summed E-state index contributed by atoms with van der Waals surface area (Å²) in [5.74, 6) is 1.06. The standard InChI is InChI=1S/C17H22N2O4/c1-16(2,3)23-15(20)19-17(7-8-17)11-22-14-9-13(21-4)6-5-12(14)10-18/h5-6,9H,7-8,11H2,1-4H3,(H,19,20). The number of carbonyl (C=O) groups is 1. The molecule has 0 radical (unpaired) electrons. The largest absolute Gasteiger partial charge is 0.497 e. The van der Waals surface area contributed by atoms with Crippen molar-refractivity contribution < 1.29 is 19.0 Å². The third-order valence-electron chi connectivity index (χ3n) is 3.43. The van der Waals surface area contributed by atoms with E-state index < -0.39 is 17.2 Å². The minimum Gasteiger partial charge on any atom is -0.497 e. The number of benzene rings is 1. The molecular formula is C17H22N2O4. The Morgan fingerprint density at radius 1 is 1.39 bits per heavy atom. The van der Waals surface area contributed by atoms with Gasteiger partial charge in [0.15, 0.2) is 0 Å². The van der Waals surface area contributed by atoms with Crippen molar-refractivity contribution in [1.29, 1.82) is 5.26 Å². The van der Waals surface area contributed by atoms with E-state index in [9.17, 15) is 4.79 Å². The molecule has 0 atom stereocenters. The highest BCUT2D eigenvalue weighted by Crippen LogP contribution is 2.37. The van der Waals surface area contributed by atoms with Crippen LogP contribution in [0, 0.1) is 11.3 Å². The van der Waals surface area contributed by atoms with Gasteiger partial charge in [0.25, 0.3) is 0 Å². The van der Waals surface area contributed by atoms with E-state index in [0.717, 1.165) is 12.8 Å². The predicted molar refractivity (Wildman–Crippen MR) is 84.5 cm³/mol. The van der Waals surface area contributed by atoms with Gasteiger partial charge in [-0.3, -0.25) is 0 Å². The zero-order chi connectivity index (χ0) is 17.1. The number of methoxy groups -OCH3 is 1. The molecule has 1 fully saturated rings. The van der Waals surface area contributed by atoms with Gasteiger partial charge in [0.1, 0.15) is 29.8 Å². The third-order valence-corrected chi connectivity index (χ3v) is 3.43. The number of nitrogens with one attached hydrogen (secondary N) is 1. The quantitative estimate of drug-likeness (QED) is 0.902. The summed E-state index contributed by atoms with van der Waals surface area (Å²) >= 11 is 0. The average molecular weight is 318 g/mol. The van der Waals surface area contributed by atoms with Crippen molar-refractivity contribution in [3.63, 3.8) is 0 Å². The Morgan fingerprint density at radius 2 is 2.09 bits per heavy atom. The topological polar surface area (TPSA) is 80.6 Å². The minimum atomic E-state index is -0.540. The number of nitrogens with zero attached hydrogens (tertiary/aromatic N) is 1. The van der Waals surface area contributed by atoms with Gasteiger partial charge < -0.3 is 19.5 Å². The summed E-state index contributed by atoms with van der Waals surface area (Å²) in [6.07, 6.45) is 1.18. The zero-order valence-corrected chi connectivity index (χ0v) is 13.9. The first-order valence-electron chi connectivity index (χ1n) is 7.49. The summed E-state index contributed by atoms with van der Waals surface area (Å²) in [5.41, 5.74) is -0.529. The van der Waals surface area contributed by atoms with Crippen molar-refractivity contribution in [2.45, 2.75) is 44.8 Å². The summed E-state index contributed by atoms with van der Waals surface area (Å²) in [5, 5.41) is 12.0. The van der Waals surface area contributed by atoms with Crippen molar-refractivity contribution in [1.82, 2.24) is 5.32 Å². The number of nitriles is 1. The van der Waals surface area contributed by atoms with Crippen LogP contribution in [-0.4, -0.2) is 30.9 Å². The second-order valence-electron chi connectivity index (χ2n) is 6.67. The molecule has 0 bridgehead atoms. The van der Waals surface area contributed by atoms with Crippen LogP contribution in [0.15, 0.2) is 18.2 Å². The van der Waals surface area contributed by atoms with Crippen molar-refractivity contribution in [3.8, 4) is 17.6 Å². The average Bonchev–Trinajstić information content (AvgIpc) is 3.22. The first-order chi connectivity index (χ1) is 10.8. The highest BCUT2D eigenvalue weighted by Gasteiger charge is 2.46.